The number of pyridine rings is 1. The van der Waals surface area contributed by atoms with E-state index in [1.54, 1.807) is 19.3 Å². The number of hydrogen-bond acceptors (Lipinski definition) is 6. The van der Waals surface area contributed by atoms with Gasteiger partial charge in [-0.2, -0.15) is 0 Å². The van der Waals surface area contributed by atoms with Crippen LogP contribution in [0.4, 0.5) is 11.5 Å². The number of piperazine rings is 1. The van der Waals surface area contributed by atoms with Gasteiger partial charge >= 0.3 is 0 Å². The number of nitrogens with zero attached hydrogens (tertiary/aromatic N) is 3. The molecule has 3 aromatic rings. The van der Waals surface area contributed by atoms with Gasteiger partial charge in [0, 0.05) is 56.8 Å². The van der Waals surface area contributed by atoms with E-state index < -0.39 is 0 Å². The lowest BCUT2D eigenvalue weighted by molar-refractivity contribution is -0.114. The van der Waals surface area contributed by atoms with Crippen LogP contribution in [0.5, 0.6) is 0 Å². The Kier molecular flexibility index (Phi) is 7.22. The van der Waals surface area contributed by atoms with E-state index in [-0.39, 0.29) is 17.5 Å². The predicted octanol–water partition coefficient (Wildman–Crippen LogP) is 3.55. The molecule has 1 aliphatic heterocycles. The number of likely N-dealkylation sites (N-methyl/N-ethyl adjacent to an activating group) is 1. The average Bonchev–Trinajstić information content (AvgIpc) is 2.88. The Morgan fingerprint density at radius 2 is 1.66 bits per heavy atom. The Bertz CT molecular complexity index is 1250. The molecule has 2 aromatic carbocycles. The summed E-state index contributed by atoms with van der Waals surface area (Å²) in [6, 6.07) is 17.1. The molecule has 0 bridgehead atoms. The first-order chi connectivity index (χ1) is 16.9. The first-order valence-electron chi connectivity index (χ1n) is 11.6. The summed E-state index contributed by atoms with van der Waals surface area (Å²) >= 11 is 0. The van der Waals surface area contributed by atoms with E-state index in [4.69, 9.17) is 5.41 Å². The lowest BCUT2D eigenvalue weighted by atomic mass is 9.97. The van der Waals surface area contributed by atoms with Crippen molar-refractivity contribution in [3.05, 3.63) is 77.5 Å². The number of amides is 2. The second-order valence-electron chi connectivity index (χ2n) is 8.68. The number of aromatic nitrogens is 1. The van der Waals surface area contributed by atoms with Gasteiger partial charge in [0.1, 0.15) is 5.82 Å². The van der Waals surface area contributed by atoms with E-state index in [0.29, 0.717) is 22.6 Å². The minimum Gasteiger partial charge on any atom is -0.373 e. The van der Waals surface area contributed by atoms with Crippen LogP contribution in [0.2, 0.25) is 0 Å². The van der Waals surface area contributed by atoms with Crippen molar-refractivity contribution < 1.29 is 9.59 Å². The van der Waals surface area contributed by atoms with Gasteiger partial charge in [-0.1, -0.05) is 30.3 Å². The van der Waals surface area contributed by atoms with Gasteiger partial charge in [-0.05, 0) is 42.4 Å². The Balaban J connectivity index is 1.56. The molecule has 0 aliphatic carbocycles. The van der Waals surface area contributed by atoms with Gasteiger partial charge in [-0.15, -0.1) is 0 Å². The van der Waals surface area contributed by atoms with Gasteiger partial charge in [-0.25, -0.2) is 4.98 Å². The maximum atomic E-state index is 12.9. The summed E-state index contributed by atoms with van der Waals surface area (Å²) in [5.74, 6) is 0.422. The van der Waals surface area contributed by atoms with Gasteiger partial charge in [0.25, 0.3) is 5.91 Å². The van der Waals surface area contributed by atoms with Crippen molar-refractivity contribution in [3.63, 3.8) is 0 Å². The molecule has 1 fully saturated rings. The Morgan fingerprint density at radius 1 is 0.943 bits per heavy atom. The number of benzene rings is 2. The lowest BCUT2D eigenvalue weighted by Gasteiger charge is -2.32. The van der Waals surface area contributed by atoms with Crippen LogP contribution in [-0.4, -0.2) is 72.6 Å². The van der Waals surface area contributed by atoms with E-state index in [9.17, 15) is 9.59 Å². The third-order valence-electron chi connectivity index (χ3n) is 6.12. The molecule has 180 valence electrons. The molecule has 1 aromatic heterocycles. The molecule has 2 heterocycles. The highest BCUT2D eigenvalue weighted by Crippen LogP contribution is 2.25. The molecule has 8 nitrogen and oxygen atoms in total. The van der Waals surface area contributed by atoms with Crippen LogP contribution in [-0.2, 0) is 4.79 Å². The predicted molar refractivity (Wildman–Crippen MR) is 139 cm³/mol. The number of anilines is 2. The number of carbonyl (C=O) groups excluding carboxylic acids is 2. The maximum Gasteiger partial charge on any atom is 0.253 e. The fraction of sp³-hybridized carbons (Fsp3) is 0.259. The first-order valence-corrected chi connectivity index (χ1v) is 11.6. The van der Waals surface area contributed by atoms with Crippen LogP contribution >= 0.6 is 0 Å². The molecular weight excluding hydrogens is 440 g/mol. The zero-order chi connectivity index (χ0) is 24.9. The maximum absolute atomic E-state index is 12.9. The second kappa shape index (κ2) is 10.5. The van der Waals surface area contributed by atoms with Crippen molar-refractivity contribution in [3.8, 4) is 11.1 Å². The fourth-order valence-electron chi connectivity index (χ4n) is 4.13. The summed E-state index contributed by atoms with van der Waals surface area (Å²) in [6.45, 7) is 4.70. The number of nitrogens with one attached hydrogen (secondary N) is 3. The van der Waals surface area contributed by atoms with E-state index in [0.717, 1.165) is 42.9 Å². The highest BCUT2D eigenvalue weighted by Gasteiger charge is 2.20. The Labute approximate surface area is 205 Å². The van der Waals surface area contributed by atoms with Crippen LogP contribution < -0.4 is 10.6 Å². The van der Waals surface area contributed by atoms with E-state index in [1.807, 2.05) is 53.4 Å². The van der Waals surface area contributed by atoms with Crippen molar-refractivity contribution in [2.45, 2.75) is 6.92 Å². The first kappa shape index (κ1) is 24.1. The van der Waals surface area contributed by atoms with Crippen LogP contribution in [0.15, 0.2) is 60.8 Å². The topological polar surface area (TPSA) is 101 Å². The number of hydrogen-bond donors (Lipinski definition) is 3. The molecular formula is C27H30N6O2. The molecule has 1 saturated heterocycles. The molecule has 35 heavy (non-hydrogen) atoms. The third-order valence-corrected chi connectivity index (χ3v) is 6.12. The Morgan fingerprint density at radius 3 is 2.31 bits per heavy atom. The molecule has 4 rings (SSSR count). The molecule has 0 saturated carbocycles. The highest BCUT2D eigenvalue weighted by molar-refractivity contribution is 6.14. The number of rotatable bonds is 6. The molecule has 3 N–H and O–H groups in total. The SMILES string of the molecule is CNc1ncc(NC(C)=O)cc1C(=N)c1cccc(-c2ccc(C(=O)N3CCN(C)CC3)cc2)c1. The van der Waals surface area contributed by atoms with Gasteiger partial charge < -0.3 is 20.4 Å². The number of carbonyl (C=O) groups is 2. The van der Waals surface area contributed by atoms with Crippen molar-refractivity contribution in [1.29, 1.82) is 5.41 Å². The lowest BCUT2D eigenvalue weighted by Crippen LogP contribution is -2.47. The van der Waals surface area contributed by atoms with Crippen molar-refractivity contribution in [1.82, 2.24) is 14.8 Å². The summed E-state index contributed by atoms with van der Waals surface area (Å²) in [5, 5.41) is 14.6. The third kappa shape index (κ3) is 5.55. The summed E-state index contributed by atoms with van der Waals surface area (Å²) in [7, 11) is 3.82. The summed E-state index contributed by atoms with van der Waals surface area (Å²) < 4.78 is 0. The molecule has 0 spiro atoms. The summed E-state index contributed by atoms with van der Waals surface area (Å²) in [4.78, 5) is 32.8. The van der Waals surface area contributed by atoms with Gasteiger partial charge in [-0.3, -0.25) is 15.0 Å². The minimum absolute atomic E-state index is 0.0614. The summed E-state index contributed by atoms with van der Waals surface area (Å²) in [6.07, 6.45) is 1.56. The van der Waals surface area contributed by atoms with Crippen LogP contribution in [0, 0.1) is 5.41 Å². The van der Waals surface area contributed by atoms with Crippen LogP contribution in [0.25, 0.3) is 11.1 Å². The zero-order valence-corrected chi connectivity index (χ0v) is 20.3. The minimum atomic E-state index is -0.196. The van der Waals surface area contributed by atoms with Gasteiger partial charge in [0.2, 0.25) is 5.91 Å². The van der Waals surface area contributed by atoms with Crippen molar-refractivity contribution in [2.75, 3.05) is 50.9 Å². The molecule has 0 radical (unpaired) electrons. The van der Waals surface area contributed by atoms with Crippen LogP contribution in [0.1, 0.15) is 28.4 Å². The largest absolute Gasteiger partial charge is 0.373 e. The van der Waals surface area contributed by atoms with Gasteiger partial charge in [0.05, 0.1) is 17.6 Å². The van der Waals surface area contributed by atoms with Gasteiger partial charge in [0.15, 0.2) is 0 Å². The molecule has 0 unspecified atom stereocenters. The molecule has 2 amide bonds. The molecule has 0 atom stereocenters. The smallest absolute Gasteiger partial charge is 0.253 e. The Hall–Kier alpha value is -4.04. The molecule has 8 heteroatoms. The quantitative estimate of drug-likeness (QED) is 0.478. The van der Waals surface area contributed by atoms with E-state index in [2.05, 4.69) is 27.6 Å². The summed E-state index contributed by atoms with van der Waals surface area (Å²) in [5.41, 5.74) is 4.73. The molecule has 1 aliphatic rings. The van der Waals surface area contributed by atoms with Crippen molar-refractivity contribution >= 4 is 29.0 Å². The second-order valence-corrected chi connectivity index (χ2v) is 8.68. The van der Waals surface area contributed by atoms with E-state index >= 15 is 0 Å². The van der Waals surface area contributed by atoms with Crippen molar-refractivity contribution in [2.24, 2.45) is 0 Å². The van der Waals surface area contributed by atoms with E-state index in [1.165, 1.54) is 6.92 Å². The normalized spacial score (nSPS) is 13.9. The standard InChI is InChI=1S/C27H30N6O2/c1-18(34)31-23-16-24(26(29-2)30-17-23)25(28)22-6-4-5-21(15-22)19-7-9-20(10-8-19)27(35)33-13-11-32(3)12-14-33/h4-10,15-17,28H,11-14H2,1-3H3,(H,29,30)(H,31,34). The average molecular weight is 471 g/mol. The zero-order valence-electron chi connectivity index (χ0n) is 20.3. The highest BCUT2D eigenvalue weighted by atomic mass is 16.2. The van der Waals surface area contributed by atoms with Crippen LogP contribution in [0.3, 0.4) is 0 Å². The monoisotopic (exact) mass is 470 g/mol. The fourth-order valence-corrected chi connectivity index (χ4v) is 4.13.